The quantitative estimate of drug-likeness (QED) is 0.515. The normalized spacial score (nSPS) is 12.5. The molecule has 0 bridgehead atoms. The second kappa shape index (κ2) is 13.0. The van der Waals surface area contributed by atoms with Crippen LogP contribution in [-0.4, -0.2) is 48.8 Å². The molecule has 32 heavy (non-hydrogen) atoms. The van der Waals surface area contributed by atoms with Gasteiger partial charge in [-0.2, -0.15) is 0 Å². The fraction of sp³-hybridized carbons (Fsp3) is 0.440. The highest BCUT2D eigenvalue weighted by Gasteiger charge is 2.26. The van der Waals surface area contributed by atoms with Crippen LogP contribution in [0.25, 0.3) is 0 Å². The van der Waals surface area contributed by atoms with Crippen molar-refractivity contribution in [1.29, 1.82) is 0 Å². The molecule has 0 aliphatic heterocycles. The topological polar surface area (TPSA) is 67.9 Å². The SMILES string of the molecule is CC[C@@H](C)NC(=O)[C@H](C)N(Cc1cccc(OC)c1)C(=O)CSCc1ccc(OC)cc1. The van der Waals surface area contributed by atoms with Crippen LogP contribution in [0.4, 0.5) is 0 Å². The van der Waals surface area contributed by atoms with Gasteiger partial charge in [-0.3, -0.25) is 9.59 Å². The van der Waals surface area contributed by atoms with Gasteiger partial charge >= 0.3 is 0 Å². The van der Waals surface area contributed by atoms with E-state index < -0.39 is 6.04 Å². The summed E-state index contributed by atoms with van der Waals surface area (Å²) in [5, 5.41) is 2.99. The van der Waals surface area contributed by atoms with Crippen LogP contribution in [0.3, 0.4) is 0 Å². The third-order valence-electron chi connectivity index (χ3n) is 5.31. The van der Waals surface area contributed by atoms with Crippen LogP contribution in [0.2, 0.25) is 0 Å². The molecule has 0 spiro atoms. The third-order valence-corrected chi connectivity index (χ3v) is 6.30. The van der Waals surface area contributed by atoms with E-state index in [4.69, 9.17) is 9.47 Å². The summed E-state index contributed by atoms with van der Waals surface area (Å²) >= 11 is 1.53. The molecule has 6 nitrogen and oxygen atoms in total. The second-order valence-corrected chi connectivity index (χ2v) is 8.69. The molecule has 2 aromatic rings. The summed E-state index contributed by atoms with van der Waals surface area (Å²) in [5.41, 5.74) is 2.03. The van der Waals surface area contributed by atoms with E-state index in [0.717, 1.165) is 29.0 Å². The molecule has 2 rings (SSSR count). The summed E-state index contributed by atoms with van der Waals surface area (Å²) in [6.45, 7) is 6.10. The van der Waals surface area contributed by atoms with Crippen molar-refractivity contribution < 1.29 is 19.1 Å². The van der Waals surface area contributed by atoms with Gasteiger partial charge < -0.3 is 19.7 Å². The summed E-state index contributed by atoms with van der Waals surface area (Å²) in [7, 11) is 3.25. The number of methoxy groups -OCH3 is 2. The van der Waals surface area contributed by atoms with E-state index in [2.05, 4.69) is 5.32 Å². The molecule has 0 heterocycles. The minimum Gasteiger partial charge on any atom is -0.497 e. The van der Waals surface area contributed by atoms with Gasteiger partial charge in [0.2, 0.25) is 11.8 Å². The smallest absolute Gasteiger partial charge is 0.242 e. The number of hydrogen-bond donors (Lipinski definition) is 1. The van der Waals surface area contributed by atoms with Crippen molar-refractivity contribution >= 4 is 23.6 Å². The molecule has 0 radical (unpaired) electrons. The Morgan fingerprint density at radius 1 is 1.00 bits per heavy atom. The minimum atomic E-state index is -0.579. The lowest BCUT2D eigenvalue weighted by atomic mass is 10.1. The molecule has 0 aliphatic rings. The van der Waals surface area contributed by atoms with Crippen molar-refractivity contribution in [3.8, 4) is 11.5 Å². The van der Waals surface area contributed by atoms with E-state index in [1.807, 2.05) is 62.4 Å². The van der Waals surface area contributed by atoms with Gasteiger partial charge in [0, 0.05) is 18.3 Å². The van der Waals surface area contributed by atoms with E-state index in [1.165, 1.54) is 11.8 Å². The number of amides is 2. The van der Waals surface area contributed by atoms with Crippen molar-refractivity contribution in [2.24, 2.45) is 0 Å². The summed E-state index contributed by atoms with van der Waals surface area (Å²) in [6, 6.07) is 14.9. The Kier molecular flexibility index (Phi) is 10.4. The van der Waals surface area contributed by atoms with Gasteiger partial charge in [0.15, 0.2) is 0 Å². The Bertz CT molecular complexity index is 873. The van der Waals surface area contributed by atoms with Crippen LogP contribution in [0, 0.1) is 0 Å². The van der Waals surface area contributed by atoms with Crippen LogP contribution in [0.5, 0.6) is 11.5 Å². The molecule has 174 valence electrons. The highest BCUT2D eigenvalue weighted by molar-refractivity contribution is 7.99. The Labute approximate surface area is 195 Å². The van der Waals surface area contributed by atoms with Gasteiger partial charge in [0.25, 0.3) is 0 Å². The molecule has 2 aromatic carbocycles. The lowest BCUT2D eigenvalue weighted by Gasteiger charge is -2.29. The van der Waals surface area contributed by atoms with Gasteiger partial charge in [0.05, 0.1) is 20.0 Å². The van der Waals surface area contributed by atoms with E-state index >= 15 is 0 Å². The first-order valence-corrected chi connectivity index (χ1v) is 12.0. The van der Waals surface area contributed by atoms with Crippen LogP contribution in [0.1, 0.15) is 38.3 Å². The Morgan fingerprint density at radius 3 is 2.31 bits per heavy atom. The molecular weight excluding hydrogens is 424 g/mol. The Morgan fingerprint density at radius 2 is 1.69 bits per heavy atom. The maximum Gasteiger partial charge on any atom is 0.242 e. The first-order chi connectivity index (χ1) is 15.4. The summed E-state index contributed by atoms with van der Waals surface area (Å²) < 4.78 is 10.5. The van der Waals surface area contributed by atoms with Gasteiger partial charge in [-0.15, -0.1) is 11.8 Å². The Balaban J connectivity index is 2.08. The number of benzene rings is 2. The van der Waals surface area contributed by atoms with E-state index in [0.29, 0.717) is 12.3 Å². The zero-order valence-electron chi connectivity index (χ0n) is 19.6. The number of carbonyl (C=O) groups is 2. The predicted molar refractivity (Wildman–Crippen MR) is 130 cm³/mol. The van der Waals surface area contributed by atoms with Crippen LogP contribution >= 0.6 is 11.8 Å². The lowest BCUT2D eigenvalue weighted by molar-refractivity contribution is -0.138. The summed E-state index contributed by atoms with van der Waals surface area (Å²) in [5.74, 6) is 2.31. The average Bonchev–Trinajstić information content (AvgIpc) is 2.82. The number of ether oxygens (including phenoxy) is 2. The molecule has 0 saturated heterocycles. The van der Waals surface area contributed by atoms with Crippen molar-refractivity contribution in [2.75, 3.05) is 20.0 Å². The van der Waals surface area contributed by atoms with Gasteiger partial charge in [-0.1, -0.05) is 31.2 Å². The zero-order chi connectivity index (χ0) is 23.5. The minimum absolute atomic E-state index is 0.0585. The zero-order valence-corrected chi connectivity index (χ0v) is 20.4. The van der Waals surface area contributed by atoms with Crippen molar-refractivity contribution in [2.45, 2.75) is 51.6 Å². The largest absolute Gasteiger partial charge is 0.497 e. The van der Waals surface area contributed by atoms with Gasteiger partial charge in [-0.25, -0.2) is 0 Å². The molecular formula is C25H34N2O4S. The molecule has 0 aromatic heterocycles. The monoisotopic (exact) mass is 458 g/mol. The van der Waals surface area contributed by atoms with Crippen molar-refractivity contribution in [3.05, 3.63) is 59.7 Å². The summed E-state index contributed by atoms with van der Waals surface area (Å²) in [4.78, 5) is 27.6. The van der Waals surface area contributed by atoms with E-state index in [-0.39, 0.29) is 23.6 Å². The highest BCUT2D eigenvalue weighted by Crippen LogP contribution is 2.20. The second-order valence-electron chi connectivity index (χ2n) is 7.71. The van der Waals surface area contributed by atoms with Gasteiger partial charge in [0.1, 0.15) is 17.5 Å². The fourth-order valence-corrected chi connectivity index (χ4v) is 3.95. The van der Waals surface area contributed by atoms with E-state index in [1.54, 1.807) is 26.0 Å². The van der Waals surface area contributed by atoms with Crippen LogP contribution in [-0.2, 0) is 21.9 Å². The molecule has 0 fully saturated rings. The molecule has 2 atom stereocenters. The lowest BCUT2D eigenvalue weighted by Crippen LogP contribution is -2.50. The standard InChI is InChI=1S/C25H34N2O4S/c1-6-18(2)26-25(29)19(3)27(15-21-8-7-9-23(14-21)31-5)24(28)17-32-16-20-10-12-22(30-4)13-11-20/h7-14,18-19H,6,15-17H2,1-5H3,(H,26,29)/t18-,19+/m1/s1. The molecule has 7 heteroatoms. The number of nitrogens with zero attached hydrogens (tertiary/aromatic N) is 1. The average molecular weight is 459 g/mol. The van der Waals surface area contributed by atoms with Crippen molar-refractivity contribution in [3.63, 3.8) is 0 Å². The first-order valence-electron chi connectivity index (χ1n) is 10.8. The van der Waals surface area contributed by atoms with Crippen LogP contribution < -0.4 is 14.8 Å². The molecule has 1 N–H and O–H groups in total. The van der Waals surface area contributed by atoms with E-state index in [9.17, 15) is 9.59 Å². The summed E-state index contributed by atoms with van der Waals surface area (Å²) in [6.07, 6.45) is 0.833. The van der Waals surface area contributed by atoms with Gasteiger partial charge in [-0.05, 0) is 55.7 Å². The first kappa shape index (κ1) is 25.6. The maximum atomic E-state index is 13.2. The molecule has 0 saturated carbocycles. The third kappa shape index (κ3) is 7.79. The number of hydrogen-bond acceptors (Lipinski definition) is 5. The highest BCUT2D eigenvalue weighted by atomic mass is 32.2. The van der Waals surface area contributed by atoms with Crippen LogP contribution in [0.15, 0.2) is 48.5 Å². The van der Waals surface area contributed by atoms with Crippen molar-refractivity contribution in [1.82, 2.24) is 10.2 Å². The molecule has 0 unspecified atom stereocenters. The molecule has 0 aliphatic carbocycles. The maximum absolute atomic E-state index is 13.2. The number of thioether (sulfide) groups is 1. The molecule has 2 amide bonds. The number of carbonyl (C=O) groups excluding carboxylic acids is 2. The predicted octanol–water partition coefficient (Wildman–Crippen LogP) is 4.27. The Hall–Kier alpha value is -2.67. The number of rotatable bonds is 12. The fourth-order valence-electron chi connectivity index (χ4n) is 3.08. The number of nitrogens with one attached hydrogen (secondary N) is 1.